The number of rotatable bonds is 9. The number of para-hydroxylation sites is 1. The third-order valence-corrected chi connectivity index (χ3v) is 8.17. The topological polar surface area (TPSA) is 103 Å². The second-order valence-electron chi connectivity index (χ2n) is 9.47. The average molecular weight is 591 g/mol. The molecule has 5 rings (SSSR count). The van der Waals surface area contributed by atoms with Gasteiger partial charge < -0.3 is 10.1 Å². The smallest absolute Gasteiger partial charge is 0.296 e. The summed E-state index contributed by atoms with van der Waals surface area (Å²) in [6, 6.07) is 12.8. The molecule has 0 saturated carbocycles. The molecule has 0 radical (unpaired) electrons. The zero-order valence-electron chi connectivity index (χ0n) is 23.2. The Hall–Kier alpha value is -4.00. The number of carbonyl (C=O) groups excluding carboxylic acids is 1. The molecular formula is C29H30N6O4S2. The molecule has 4 aromatic rings. The third-order valence-electron chi connectivity index (χ3n) is 6.86. The zero-order chi connectivity index (χ0) is 29.3. The fourth-order valence-corrected chi connectivity index (χ4v) is 5.96. The summed E-state index contributed by atoms with van der Waals surface area (Å²) >= 11 is 6.64. The Kier molecular flexibility index (Phi) is 8.25. The molecule has 0 atom stereocenters. The first-order valence-corrected chi connectivity index (χ1v) is 14.4. The lowest BCUT2D eigenvalue weighted by Gasteiger charge is -2.13. The minimum Gasteiger partial charge on any atom is -0.382 e. The minimum atomic E-state index is -0.470. The number of nitrogens with zero attached hydrogens (tertiary/aromatic N) is 5. The molecule has 1 N–H and O–H groups in total. The number of aromatic nitrogens is 4. The second-order valence-corrected chi connectivity index (χ2v) is 11.1. The first-order chi connectivity index (χ1) is 19.7. The summed E-state index contributed by atoms with van der Waals surface area (Å²) in [5.41, 5.74) is 2.34. The number of nitrogens with one attached hydrogen (secondary N) is 1. The quantitative estimate of drug-likeness (QED) is 0.177. The number of pyridine rings is 1. The van der Waals surface area contributed by atoms with E-state index in [0.29, 0.717) is 49.0 Å². The highest BCUT2D eigenvalue weighted by Gasteiger charge is 2.38. The van der Waals surface area contributed by atoms with Crippen LogP contribution in [0.3, 0.4) is 0 Å². The van der Waals surface area contributed by atoms with Crippen LogP contribution in [0.25, 0.3) is 17.4 Å². The standard InChI is InChI=1S/C29H30N6O4S2/c1-5-39-16-10-14-30-24-21(26(36)33-15-9-11-18(2)25(33)31-24)17-22-27(37)34(29(40)41-22)23-19(3)32(4)35(28(23)38)20-12-7-6-8-13-20/h6-9,11-13,15,17,30H,5,10,14,16H2,1-4H3/b22-17+. The molecule has 12 heteroatoms. The normalized spacial score (nSPS) is 14.5. The van der Waals surface area contributed by atoms with Gasteiger partial charge in [-0.15, -0.1) is 0 Å². The highest BCUT2D eigenvalue weighted by Crippen LogP contribution is 2.36. The van der Waals surface area contributed by atoms with Gasteiger partial charge in [-0.2, -0.15) is 0 Å². The van der Waals surface area contributed by atoms with Gasteiger partial charge >= 0.3 is 0 Å². The third kappa shape index (κ3) is 5.25. The van der Waals surface area contributed by atoms with Gasteiger partial charge in [-0.25, -0.2) is 9.67 Å². The van der Waals surface area contributed by atoms with E-state index in [1.54, 1.807) is 30.9 Å². The van der Waals surface area contributed by atoms with Crippen molar-refractivity contribution in [2.75, 3.05) is 30.0 Å². The van der Waals surface area contributed by atoms with Crippen LogP contribution in [-0.4, -0.2) is 48.7 Å². The van der Waals surface area contributed by atoms with Crippen molar-refractivity contribution in [2.45, 2.75) is 27.2 Å². The number of amides is 1. The summed E-state index contributed by atoms with van der Waals surface area (Å²) in [4.78, 5) is 47.3. The second kappa shape index (κ2) is 11.9. The number of carbonyl (C=O) groups is 1. The van der Waals surface area contributed by atoms with Gasteiger partial charge in [-0.3, -0.25) is 28.4 Å². The number of ether oxygens (including phenoxy) is 1. The van der Waals surface area contributed by atoms with Crippen LogP contribution in [0.4, 0.5) is 11.5 Å². The molecule has 3 aromatic heterocycles. The SMILES string of the molecule is CCOCCCNc1nc2c(C)cccn2c(=O)c1/C=C1/SC(=S)N(c2c(C)n(C)n(-c3ccccc3)c2=O)C1=O. The van der Waals surface area contributed by atoms with E-state index in [1.807, 2.05) is 50.2 Å². The van der Waals surface area contributed by atoms with E-state index in [2.05, 4.69) is 5.32 Å². The molecule has 0 bridgehead atoms. The Labute approximate surface area is 246 Å². The monoisotopic (exact) mass is 590 g/mol. The van der Waals surface area contributed by atoms with Crippen molar-refractivity contribution in [3.63, 3.8) is 0 Å². The summed E-state index contributed by atoms with van der Waals surface area (Å²) in [6.45, 7) is 7.31. The van der Waals surface area contributed by atoms with E-state index in [0.717, 1.165) is 17.3 Å². The van der Waals surface area contributed by atoms with Gasteiger partial charge in [0.1, 0.15) is 17.2 Å². The lowest BCUT2D eigenvalue weighted by Crippen LogP contribution is -2.33. The van der Waals surface area contributed by atoms with Crippen molar-refractivity contribution in [3.8, 4) is 5.69 Å². The molecule has 0 unspecified atom stereocenters. The number of hydrogen-bond acceptors (Lipinski definition) is 8. The van der Waals surface area contributed by atoms with Gasteiger partial charge in [0.2, 0.25) is 0 Å². The highest BCUT2D eigenvalue weighted by atomic mass is 32.2. The summed E-state index contributed by atoms with van der Waals surface area (Å²) in [7, 11) is 1.76. The predicted molar refractivity (Wildman–Crippen MR) is 167 cm³/mol. The number of thioether (sulfide) groups is 1. The van der Waals surface area contributed by atoms with E-state index in [4.69, 9.17) is 21.9 Å². The van der Waals surface area contributed by atoms with Gasteiger partial charge in [0.05, 0.1) is 21.8 Å². The van der Waals surface area contributed by atoms with Gasteiger partial charge in [0.15, 0.2) is 4.32 Å². The van der Waals surface area contributed by atoms with E-state index in [-0.39, 0.29) is 31.6 Å². The Morgan fingerprint density at radius 1 is 1.07 bits per heavy atom. The van der Waals surface area contributed by atoms with E-state index >= 15 is 0 Å². The maximum atomic E-state index is 13.8. The maximum absolute atomic E-state index is 13.8. The molecule has 1 amide bonds. The fourth-order valence-electron chi connectivity index (χ4n) is 4.71. The number of hydrogen-bond donors (Lipinski definition) is 1. The van der Waals surface area contributed by atoms with Gasteiger partial charge in [-0.05, 0) is 57.0 Å². The number of aryl methyl sites for hydroxylation is 1. The van der Waals surface area contributed by atoms with Crippen LogP contribution in [0.1, 0.15) is 30.2 Å². The molecule has 1 aliphatic heterocycles. The van der Waals surface area contributed by atoms with Crippen LogP contribution in [-0.2, 0) is 16.6 Å². The van der Waals surface area contributed by atoms with Crippen LogP contribution in [0.15, 0.2) is 63.2 Å². The van der Waals surface area contributed by atoms with Gasteiger partial charge in [0.25, 0.3) is 17.0 Å². The number of benzene rings is 1. The van der Waals surface area contributed by atoms with Crippen LogP contribution in [0, 0.1) is 13.8 Å². The Morgan fingerprint density at radius 2 is 1.83 bits per heavy atom. The lowest BCUT2D eigenvalue weighted by atomic mass is 10.2. The van der Waals surface area contributed by atoms with Crippen LogP contribution in [0.2, 0.25) is 0 Å². The molecule has 1 saturated heterocycles. The summed E-state index contributed by atoms with van der Waals surface area (Å²) in [6.07, 6.45) is 3.88. The Morgan fingerprint density at radius 3 is 2.56 bits per heavy atom. The van der Waals surface area contributed by atoms with Crippen molar-refractivity contribution in [3.05, 3.63) is 91.1 Å². The van der Waals surface area contributed by atoms with Crippen molar-refractivity contribution >= 4 is 57.4 Å². The van der Waals surface area contributed by atoms with Crippen LogP contribution < -0.4 is 21.3 Å². The summed E-state index contributed by atoms with van der Waals surface area (Å²) < 4.78 is 10.3. The minimum absolute atomic E-state index is 0.181. The molecule has 1 aliphatic rings. The van der Waals surface area contributed by atoms with E-state index in [9.17, 15) is 14.4 Å². The number of fused-ring (bicyclic) bond motifs is 1. The summed E-state index contributed by atoms with van der Waals surface area (Å²) in [5, 5.41) is 3.25. The predicted octanol–water partition coefficient (Wildman–Crippen LogP) is 4.05. The first-order valence-electron chi connectivity index (χ1n) is 13.2. The summed E-state index contributed by atoms with van der Waals surface area (Å²) in [5.74, 6) is -0.101. The van der Waals surface area contributed by atoms with Crippen LogP contribution >= 0.6 is 24.0 Å². The molecule has 41 heavy (non-hydrogen) atoms. The van der Waals surface area contributed by atoms with Crippen molar-refractivity contribution in [2.24, 2.45) is 7.05 Å². The molecule has 1 aromatic carbocycles. The molecule has 4 heterocycles. The molecular weight excluding hydrogens is 560 g/mol. The van der Waals surface area contributed by atoms with Crippen molar-refractivity contribution < 1.29 is 9.53 Å². The number of thiocarbonyl (C=S) groups is 1. The first kappa shape index (κ1) is 28.5. The van der Waals surface area contributed by atoms with Crippen LogP contribution in [0.5, 0.6) is 0 Å². The fraction of sp³-hybridized carbons (Fsp3) is 0.276. The van der Waals surface area contributed by atoms with Crippen molar-refractivity contribution in [1.29, 1.82) is 0 Å². The molecule has 0 spiro atoms. The zero-order valence-corrected chi connectivity index (χ0v) is 24.8. The Balaban J connectivity index is 1.57. The highest BCUT2D eigenvalue weighted by molar-refractivity contribution is 8.27. The average Bonchev–Trinajstić information content (AvgIpc) is 3.35. The molecule has 10 nitrogen and oxygen atoms in total. The maximum Gasteiger partial charge on any atom is 0.296 e. The molecule has 0 aliphatic carbocycles. The lowest BCUT2D eigenvalue weighted by molar-refractivity contribution is -0.113. The molecule has 212 valence electrons. The van der Waals surface area contributed by atoms with Gasteiger partial charge in [0, 0.05) is 33.0 Å². The molecule has 1 fully saturated rings. The number of anilines is 2. The van der Waals surface area contributed by atoms with E-state index < -0.39 is 5.91 Å². The van der Waals surface area contributed by atoms with Crippen molar-refractivity contribution in [1.82, 2.24) is 18.7 Å². The van der Waals surface area contributed by atoms with Gasteiger partial charge in [-0.1, -0.05) is 48.2 Å². The largest absolute Gasteiger partial charge is 0.382 e. The Bertz CT molecular complexity index is 1810. The van der Waals surface area contributed by atoms with E-state index in [1.165, 1.54) is 20.1 Å².